The zero-order chi connectivity index (χ0) is 20.0. The Kier molecular flexibility index (Phi) is 4.44. The smallest absolute Gasteiger partial charge is 0.230 e. The van der Waals surface area contributed by atoms with E-state index in [1.54, 1.807) is 22.8 Å². The highest BCUT2D eigenvalue weighted by molar-refractivity contribution is 6.33. The number of rotatable bonds is 4. The first kappa shape index (κ1) is 18.1. The van der Waals surface area contributed by atoms with Crippen LogP contribution in [0.15, 0.2) is 24.4 Å². The average molecular weight is 416 g/mol. The van der Waals surface area contributed by atoms with Gasteiger partial charge in [0, 0.05) is 26.2 Å². The molecule has 1 aliphatic rings. The van der Waals surface area contributed by atoms with E-state index < -0.39 is 0 Å². The van der Waals surface area contributed by atoms with E-state index in [9.17, 15) is 4.39 Å². The van der Waals surface area contributed by atoms with Gasteiger partial charge in [0.1, 0.15) is 16.4 Å². The van der Waals surface area contributed by atoms with Crippen LogP contribution in [0.3, 0.4) is 0 Å². The van der Waals surface area contributed by atoms with Gasteiger partial charge < -0.3 is 20.1 Å². The van der Waals surface area contributed by atoms with Crippen LogP contribution in [0.4, 0.5) is 16.3 Å². The maximum Gasteiger partial charge on any atom is 0.230 e. The summed E-state index contributed by atoms with van der Waals surface area (Å²) in [5, 5.41) is 7.94. The zero-order valence-corrected chi connectivity index (χ0v) is 16.5. The van der Waals surface area contributed by atoms with Crippen molar-refractivity contribution in [1.29, 1.82) is 0 Å². The molecule has 0 bridgehead atoms. The van der Waals surface area contributed by atoms with Crippen LogP contribution < -0.4 is 10.2 Å². The fraction of sp³-hybridized carbons (Fsp3) is 0.333. The fourth-order valence-corrected chi connectivity index (χ4v) is 3.56. The van der Waals surface area contributed by atoms with E-state index in [0.29, 0.717) is 46.0 Å². The third-order valence-corrected chi connectivity index (χ3v) is 5.29. The van der Waals surface area contributed by atoms with E-state index in [1.165, 1.54) is 6.07 Å². The number of hydrogen-bond donors (Lipinski definition) is 2. The van der Waals surface area contributed by atoms with Crippen molar-refractivity contribution in [2.75, 3.05) is 43.4 Å². The van der Waals surface area contributed by atoms with Gasteiger partial charge in [0.05, 0.1) is 18.3 Å². The lowest BCUT2D eigenvalue weighted by Gasteiger charge is -2.32. The number of aromatic amines is 1. The number of para-hydroxylation sites is 1. The molecule has 4 heterocycles. The van der Waals surface area contributed by atoms with E-state index in [4.69, 9.17) is 11.6 Å². The van der Waals surface area contributed by atoms with E-state index in [1.807, 2.05) is 0 Å². The summed E-state index contributed by atoms with van der Waals surface area (Å²) in [6, 6.07) is 4.83. The molecule has 0 spiro atoms. The molecule has 150 valence electrons. The summed E-state index contributed by atoms with van der Waals surface area (Å²) < 4.78 is 15.5. The Morgan fingerprint density at radius 3 is 2.79 bits per heavy atom. The minimum Gasteiger partial charge on any atom is -0.347 e. The number of aromatic nitrogens is 6. The predicted molar refractivity (Wildman–Crippen MR) is 109 cm³/mol. The third-order valence-electron chi connectivity index (χ3n) is 5.03. The van der Waals surface area contributed by atoms with Gasteiger partial charge in [-0.2, -0.15) is 19.6 Å². The van der Waals surface area contributed by atoms with Gasteiger partial charge in [0.2, 0.25) is 11.9 Å². The monoisotopic (exact) mass is 415 g/mol. The van der Waals surface area contributed by atoms with E-state index in [0.717, 1.165) is 26.2 Å². The van der Waals surface area contributed by atoms with Crippen molar-refractivity contribution >= 4 is 40.2 Å². The number of hydrogen-bond acceptors (Lipinski definition) is 7. The zero-order valence-electron chi connectivity index (χ0n) is 15.7. The van der Waals surface area contributed by atoms with Crippen LogP contribution in [-0.4, -0.2) is 67.7 Å². The summed E-state index contributed by atoms with van der Waals surface area (Å²) in [5.41, 5.74) is 1.50. The molecule has 0 aliphatic carbocycles. The van der Waals surface area contributed by atoms with Crippen LogP contribution in [0.2, 0.25) is 5.02 Å². The van der Waals surface area contributed by atoms with Gasteiger partial charge in [-0.3, -0.25) is 0 Å². The Balaban J connectivity index is 1.45. The number of piperazine rings is 1. The number of benzene rings is 1. The lowest BCUT2D eigenvalue weighted by atomic mass is 10.3. The highest BCUT2D eigenvalue weighted by Gasteiger charge is 2.20. The molecule has 11 heteroatoms. The van der Waals surface area contributed by atoms with Crippen LogP contribution in [-0.2, 0) is 6.54 Å². The first-order valence-electron chi connectivity index (χ1n) is 9.30. The molecular formula is C18H19ClFN9. The average Bonchev–Trinajstić information content (AvgIpc) is 3.31. The Morgan fingerprint density at radius 1 is 1.17 bits per heavy atom. The number of nitrogens with one attached hydrogen (secondary N) is 2. The minimum atomic E-state index is -0.356. The number of likely N-dealkylation sites (N-methyl/N-ethyl adjacent to an activating group) is 1. The number of halogens is 2. The summed E-state index contributed by atoms with van der Waals surface area (Å²) in [5.74, 6) is 1.34. The van der Waals surface area contributed by atoms with Gasteiger partial charge >= 0.3 is 0 Å². The van der Waals surface area contributed by atoms with Crippen molar-refractivity contribution in [3.05, 3.63) is 41.1 Å². The first-order valence-corrected chi connectivity index (χ1v) is 9.68. The Labute approximate surface area is 170 Å². The maximum atomic E-state index is 13.9. The molecule has 3 aromatic heterocycles. The maximum absolute atomic E-state index is 13.9. The number of fused-ring (bicyclic) bond motifs is 2. The number of imidazole rings is 1. The molecule has 1 aliphatic heterocycles. The first-order chi connectivity index (χ1) is 14.1. The van der Waals surface area contributed by atoms with Crippen LogP contribution in [0.5, 0.6) is 0 Å². The molecule has 0 atom stereocenters. The van der Waals surface area contributed by atoms with E-state index in [-0.39, 0.29) is 5.82 Å². The second-order valence-corrected chi connectivity index (χ2v) is 7.45. The highest BCUT2D eigenvalue weighted by atomic mass is 35.5. The second-order valence-electron chi connectivity index (χ2n) is 7.04. The summed E-state index contributed by atoms with van der Waals surface area (Å²) in [6.45, 7) is 3.87. The topological polar surface area (TPSA) is 90.3 Å². The van der Waals surface area contributed by atoms with Crippen LogP contribution >= 0.6 is 11.6 Å². The van der Waals surface area contributed by atoms with E-state index >= 15 is 0 Å². The molecule has 1 fully saturated rings. The SMILES string of the molecule is CN1CCN(c2nc(NCc3nc4c(F)cccc4[nH]3)n3ncc(Cl)c3n2)CC1. The molecule has 4 aromatic rings. The van der Waals surface area contributed by atoms with Crippen molar-refractivity contribution in [1.82, 2.24) is 34.4 Å². The van der Waals surface area contributed by atoms with Crippen molar-refractivity contribution in [2.45, 2.75) is 6.54 Å². The molecule has 9 nitrogen and oxygen atoms in total. The van der Waals surface area contributed by atoms with Gasteiger partial charge in [0.25, 0.3) is 0 Å². The van der Waals surface area contributed by atoms with Crippen LogP contribution in [0.1, 0.15) is 5.82 Å². The molecule has 0 saturated carbocycles. The van der Waals surface area contributed by atoms with E-state index in [2.05, 4.69) is 47.2 Å². The lowest BCUT2D eigenvalue weighted by molar-refractivity contribution is 0.311. The lowest BCUT2D eigenvalue weighted by Crippen LogP contribution is -2.45. The summed E-state index contributed by atoms with van der Waals surface area (Å²) >= 11 is 6.28. The molecule has 1 aromatic carbocycles. The van der Waals surface area contributed by atoms with Crippen LogP contribution in [0, 0.1) is 5.82 Å². The second kappa shape index (κ2) is 7.12. The molecular weight excluding hydrogens is 397 g/mol. The normalized spacial score (nSPS) is 15.5. The Bertz CT molecular complexity index is 1180. The minimum absolute atomic E-state index is 0.317. The molecule has 0 unspecified atom stereocenters. The van der Waals surface area contributed by atoms with Crippen molar-refractivity contribution in [3.63, 3.8) is 0 Å². The van der Waals surface area contributed by atoms with Gasteiger partial charge in [-0.25, -0.2) is 9.37 Å². The van der Waals surface area contributed by atoms with Crippen LogP contribution in [0.25, 0.3) is 16.7 Å². The molecule has 0 radical (unpaired) electrons. The molecule has 0 amide bonds. The molecule has 5 rings (SSSR count). The number of nitrogens with zero attached hydrogens (tertiary/aromatic N) is 7. The summed E-state index contributed by atoms with van der Waals surface area (Å²) in [4.78, 5) is 21.1. The molecule has 29 heavy (non-hydrogen) atoms. The largest absolute Gasteiger partial charge is 0.347 e. The van der Waals surface area contributed by atoms with Crippen molar-refractivity contribution < 1.29 is 4.39 Å². The standard InChI is InChI=1S/C18H19ClFN9/c1-27-5-7-28(8-6-27)18-25-16-11(19)9-22-29(16)17(26-18)21-10-14-23-13-4-2-3-12(20)15(13)24-14/h2-4,9H,5-8,10H2,1H3,(H,23,24)(H,21,25,26). The molecule has 1 saturated heterocycles. The summed E-state index contributed by atoms with van der Waals surface area (Å²) in [6.07, 6.45) is 1.54. The Hall–Kier alpha value is -2.98. The number of H-pyrrole nitrogens is 1. The van der Waals surface area contributed by atoms with Gasteiger partial charge in [0.15, 0.2) is 11.5 Å². The van der Waals surface area contributed by atoms with Crippen molar-refractivity contribution in [3.8, 4) is 0 Å². The summed E-state index contributed by atoms with van der Waals surface area (Å²) in [7, 11) is 2.10. The third kappa shape index (κ3) is 3.34. The van der Waals surface area contributed by atoms with Gasteiger partial charge in [-0.1, -0.05) is 17.7 Å². The van der Waals surface area contributed by atoms with Crippen molar-refractivity contribution in [2.24, 2.45) is 0 Å². The Morgan fingerprint density at radius 2 is 2.00 bits per heavy atom. The van der Waals surface area contributed by atoms with Gasteiger partial charge in [-0.05, 0) is 19.2 Å². The van der Waals surface area contributed by atoms with Gasteiger partial charge in [-0.15, -0.1) is 0 Å². The highest BCUT2D eigenvalue weighted by Crippen LogP contribution is 2.22. The molecule has 2 N–H and O–H groups in total. The number of anilines is 2. The quantitative estimate of drug-likeness (QED) is 0.527. The fourth-order valence-electron chi connectivity index (χ4n) is 3.40. The predicted octanol–water partition coefficient (Wildman–Crippen LogP) is 2.16.